The van der Waals surface area contributed by atoms with E-state index in [9.17, 15) is 9.18 Å². The van der Waals surface area contributed by atoms with Crippen LogP contribution < -0.4 is 5.73 Å². The topological polar surface area (TPSA) is 46.3 Å². The molecule has 0 saturated carbocycles. The number of aryl methyl sites for hydroxylation is 1. The standard InChI is InChI=1S/C14H21FN2OS/c1-5-11(8-19-4)17(3)14(18)12-7-10(16)6-9(2)13(12)15/h6-7,11H,5,8,16H2,1-4H3. The Kier molecular flexibility index (Phi) is 5.66. The largest absolute Gasteiger partial charge is 0.399 e. The predicted octanol–water partition coefficient (Wildman–Crippen LogP) is 2.93. The van der Waals surface area contributed by atoms with Gasteiger partial charge in [0.25, 0.3) is 5.91 Å². The Balaban J connectivity index is 3.06. The van der Waals surface area contributed by atoms with Gasteiger partial charge in [-0.2, -0.15) is 11.8 Å². The Morgan fingerprint density at radius 3 is 2.68 bits per heavy atom. The fourth-order valence-corrected chi connectivity index (χ4v) is 2.85. The van der Waals surface area contributed by atoms with Gasteiger partial charge < -0.3 is 10.6 Å². The van der Waals surface area contributed by atoms with Gasteiger partial charge in [0, 0.05) is 24.5 Å². The van der Waals surface area contributed by atoms with E-state index in [0.29, 0.717) is 11.3 Å². The highest BCUT2D eigenvalue weighted by Crippen LogP contribution is 2.20. The lowest BCUT2D eigenvalue weighted by Crippen LogP contribution is -2.38. The van der Waals surface area contributed by atoms with E-state index in [-0.39, 0.29) is 17.5 Å². The zero-order valence-electron chi connectivity index (χ0n) is 11.9. The molecular weight excluding hydrogens is 263 g/mol. The van der Waals surface area contributed by atoms with Gasteiger partial charge in [-0.1, -0.05) is 6.92 Å². The van der Waals surface area contributed by atoms with E-state index in [0.717, 1.165) is 12.2 Å². The molecule has 2 N–H and O–H groups in total. The number of nitrogens with two attached hydrogens (primary N) is 1. The Labute approximate surface area is 118 Å². The monoisotopic (exact) mass is 284 g/mol. The summed E-state index contributed by atoms with van der Waals surface area (Å²) in [6.45, 7) is 3.63. The molecule has 0 bridgehead atoms. The van der Waals surface area contributed by atoms with Crippen molar-refractivity contribution < 1.29 is 9.18 Å². The maximum Gasteiger partial charge on any atom is 0.256 e. The predicted molar refractivity (Wildman–Crippen MR) is 80.1 cm³/mol. The van der Waals surface area contributed by atoms with Gasteiger partial charge in [0.05, 0.1) is 5.56 Å². The molecule has 0 aliphatic carbocycles. The molecular formula is C14H21FN2OS. The molecule has 1 rings (SSSR count). The number of anilines is 1. The highest BCUT2D eigenvalue weighted by Gasteiger charge is 2.23. The molecule has 5 heteroatoms. The first-order valence-corrected chi connectivity index (χ1v) is 7.63. The quantitative estimate of drug-likeness (QED) is 0.846. The zero-order valence-corrected chi connectivity index (χ0v) is 12.7. The first-order valence-electron chi connectivity index (χ1n) is 6.24. The third kappa shape index (κ3) is 3.62. The molecule has 0 aliphatic rings. The molecule has 0 heterocycles. The number of hydrogen-bond donors (Lipinski definition) is 1. The number of hydrogen-bond acceptors (Lipinski definition) is 3. The molecule has 19 heavy (non-hydrogen) atoms. The summed E-state index contributed by atoms with van der Waals surface area (Å²) in [5, 5.41) is 0. The van der Waals surface area contributed by atoms with Gasteiger partial charge in [-0.05, 0) is 37.3 Å². The van der Waals surface area contributed by atoms with Crippen molar-refractivity contribution in [2.45, 2.75) is 26.3 Å². The summed E-state index contributed by atoms with van der Waals surface area (Å²) < 4.78 is 14.0. The zero-order chi connectivity index (χ0) is 14.6. The summed E-state index contributed by atoms with van der Waals surface area (Å²) in [6, 6.07) is 3.04. The summed E-state index contributed by atoms with van der Waals surface area (Å²) in [5.74, 6) is 0.0422. The second kappa shape index (κ2) is 6.80. The van der Waals surface area contributed by atoms with Crippen LogP contribution in [0.1, 0.15) is 29.3 Å². The first kappa shape index (κ1) is 15.8. The number of nitrogen functional groups attached to an aromatic ring is 1. The number of rotatable bonds is 5. The normalized spacial score (nSPS) is 12.3. The number of nitrogens with zero attached hydrogens (tertiary/aromatic N) is 1. The van der Waals surface area contributed by atoms with Crippen molar-refractivity contribution >= 4 is 23.4 Å². The number of carbonyl (C=O) groups excluding carboxylic acids is 1. The van der Waals surface area contributed by atoms with Gasteiger partial charge >= 0.3 is 0 Å². The van der Waals surface area contributed by atoms with Crippen LogP contribution in [-0.4, -0.2) is 35.9 Å². The number of thioether (sulfide) groups is 1. The van der Waals surface area contributed by atoms with Crippen LogP contribution in [0.2, 0.25) is 0 Å². The second-order valence-electron chi connectivity index (χ2n) is 4.63. The number of amides is 1. The summed E-state index contributed by atoms with van der Waals surface area (Å²) in [5.41, 5.74) is 6.56. The average molecular weight is 284 g/mol. The van der Waals surface area contributed by atoms with Gasteiger partial charge in [-0.3, -0.25) is 4.79 Å². The number of benzene rings is 1. The molecule has 0 aliphatic heterocycles. The van der Waals surface area contributed by atoms with Gasteiger partial charge in [-0.25, -0.2) is 4.39 Å². The van der Waals surface area contributed by atoms with Crippen molar-refractivity contribution in [2.24, 2.45) is 0 Å². The van der Waals surface area contributed by atoms with Crippen LogP contribution in [-0.2, 0) is 0 Å². The molecule has 1 amide bonds. The van der Waals surface area contributed by atoms with Gasteiger partial charge in [0.1, 0.15) is 5.82 Å². The molecule has 3 nitrogen and oxygen atoms in total. The van der Waals surface area contributed by atoms with Crippen LogP contribution in [0.25, 0.3) is 0 Å². The summed E-state index contributed by atoms with van der Waals surface area (Å²) in [6.07, 6.45) is 2.83. The van der Waals surface area contributed by atoms with Crippen LogP contribution in [0.4, 0.5) is 10.1 Å². The smallest absolute Gasteiger partial charge is 0.256 e. The Bertz CT molecular complexity index is 465. The molecule has 1 aromatic rings. The van der Waals surface area contributed by atoms with E-state index in [1.165, 1.54) is 12.1 Å². The first-order chi connectivity index (χ1) is 8.92. The van der Waals surface area contributed by atoms with Crippen LogP contribution in [0.3, 0.4) is 0 Å². The van der Waals surface area contributed by atoms with Gasteiger partial charge in [-0.15, -0.1) is 0 Å². The lowest BCUT2D eigenvalue weighted by Gasteiger charge is -2.27. The van der Waals surface area contributed by atoms with E-state index in [1.807, 2.05) is 13.2 Å². The second-order valence-corrected chi connectivity index (χ2v) is 5.54. The van der Waals surface area contributed by atoms with E-state index in [1.54, 1.807) is 30.6 Å². The third-order valence-corrected chi connectivity index (χ3v) is 3.92. The molecule has 0 fully saturated rings. The molecule has 0 radical (unpaired) electrons. The fourth-order valence-electron chi connectivity index (χ4n) is 2.00. The molecule has 0 spiro atoms. The molecule has 1 atom stereocenters. The summed E-state index contributed by atoms with van der Waals surface area (Å²) >= 11 is 1.67. The van der Waals surface area contributed by atoms with Crippen molar-refractivity contribution in [3.63, 3.8) is 0 Å². The van der Waals surface area contributed by atoms with Crippen molar-refractivity contribution in [3.8, 4) is 0 Å². The van der Waals surface area contributed by atoms with E-state index >= 15 is 0 Å². The SMILES string of the molecule is CCC(CSC)N(C)C(=O)c1cc(N)cc(C)c1F. The Morgan fingerprint density at radius 1 is 1.53 bits per heavy atom. The van der Waals surface area contributed by atoms with E-state index in [4.69, 9.17) is 5.73 Å². The number of carbonyl (C=O) groups is 1. The van der Waals surface area contributed by atoms with Crippen molar-refractivity contribution in [1.29, 1.82) is 0 Å². The highest BCUT2D eigenvalue weighted by molar-refractivity contribution is 7.98. The average Bonchev–Trinajstić information content (AvgIpc) is 2.38. The summed E-state index contributed by atoms with van der Waals surface area (Å²) in [7, 11) is 1.71. The lowest BCUT2D eigenvalue weighted by molar-refractivity contribution is 0.0739. The lowest BCUT2D eigenvalue weighted by atomic mass is 10.1. The van der Waals surface area contributed by atoms with Crippen molar-refractivity contribution in [3.05, 3.63) is 29.1 Å². The number of halogens is 1. The molecule has 1 aromatic carbocycles. The fraction of sp³-hybridized carbons (Fsp3) is 0.500. The Hall–Kier alpha value is -1.23. The van der Waals surface area contributed by atoms with E-state index < -0.39 is 5.82 Å². The van der Waals surface area contributed by atoms with Crippen molar-refractivity contribution in [2.75, 3.05) is 24.8 Å². The minimum absolute atomic E-state index is 0.0551. The van der Waals surface area contributed by atoms with Crippen LogP contribution in [0.5, 0.6) is 0 Å². The molecule has 106 valence electrons. The maximum absolute atomic E-state index is 14.0. The highest BCUT2D eigenvalue weighted by atomic mass is 32.2. The van der Waals surface area contributed by atoms with Crippen LogP contribution in [0.15, 0.2) is 12.1 Å². The minimum Gasteiger partial charge on any atom is -0.399 e. The molecule has 0 aromatic heterocycles. The van der Waals surface area contributed by atoms with Crippen LogP contribution >= 0.6 is 11.8 Å². The molecule has 1 unspecified atom stereocenters. The van der Waals surface area contributed by atoms with Gasteiger partial charge in [0.2, 0.25) is 0 Å². The Morgan fingerprint density at radius 2 is 2.16 bits per heavy atom. The molecule has 0 saturated heterocycles. The minimum atomic E-state index is -0.481. The van der Waals surface area contributed by atoms with Crippen LogP contribution in [0, 0.1) is 12.7 Å². The maximum atomic E-state index is 14.0. The van der Waals surface area contributed by atoms with Crippen molar-refractivity contribution in [1.82, 2.24) is 4.90 Å². The van der Waals surface area contributed by atoms with E-state index in [2.05, 4.69) is 0 Å². The summed E-state index contributed by atoms with van der Waals surface area (Å²) in [4.78, 5) is 14.0. The third-order valence-electron chi connectivity index (χ3n) is 3.21. The van der Waals surface area contributed by atoms with Gasteiger partial charge in [0.15, 0.2) is 0 Å².